The zero-order valence-electron chi connectivity index (χ0n) is 14.5. The predicted octanol–water partition coefficient (Wildman–Crippen LogP) is 2.19. The summed E-state index contributed by atoms with van der Waals surface area (Å²) in [6.07, 6.45) is -0.802. The van der Waals surface area contributed by atoms with Gasteiger partial charge in [0.2, 0.25) is 0 Å². The Balaban J connectivity index is 1.92. The average molecular weight is 407 g/mol. The van der Waals surface area contributed by atoms with Crippen LogP contribution in [0, 0.1) is 5.92 Å². The van der Waals surface area contributed by atoms with Gasteiger partial charge in [0.25, 0.3) is 0 Å². The molecule has 25 heavy (non-hydrogen) atoms. The summed E-state index contributed by atoms with van der Waals surface area (Å²) in [5.41, 5.74) is 1.09. The van der Waals surface area contributed by atoms with Crippen LogP contribution in [-0.4, -0.2) is 45.9 Å². The number of rotatable bonds is 9. The van der Waals surface area contributed by atoms with Crippen molar-refractivity contribution in [2.75, 3.05) is 13.7 Å². The SMILES string of the molecule is COC(=O)C([Se]c1ccccc1)[C@@H](O)[C@@H](C)COCc1ccccc1. The summed E-state index contributed by atoms with van der Waals surface area (Å²) >= 11 is -0.207. The van der Waals surface area contributed by atoms with E-state index in [9.17, 15) is 9.90 Å². The Morgan fingerprint density at radius 1 is 1.08 bits per heavy atom. The molecule has 0 spiro atoms. The molecule has 1 unspecified atom stereocenters. The molecule has 0 fully saturated rings. The van der Waals surface area contributed by atoms with Gasteiger partial charge in [-0.2, -0.15) is 0 Å². The summed E-state index contributed by atoms with van der Waals surface area (Å²) in [6, 6.07) is 19.6. The molecular formula is C20H24O4Se. The molecule has 2 aromatic rings. The van der Waals surface area contributed by atoms with E-state index in [0.717, 1.165) is 10.0 Å². The van der Waals surface area contributed by atoms with E-state index in [0.29, 0.717) is 13.2 Å². The zero-order chi connectivity index (χ0) is 18.1. The van der Waals surface area contributed by atoms with E-state index in [4.69, 9.17) is 9.47 Å². The van der Waals surface area contributed by atoms with Gasteiger partial charge in [-0.25, -0.2) is 0 Å². The van der Waals surface area contributed by atoms with Gasteiger partial charge in [0.1, 0.15) is 0 Å². The van der Waals surface area contributed by atoms with Crippen molar-refractivity contribution in [1.82, 2.24) is 0 Å². The molecule has 0 amide bonds. The van der Waals surface area contributed by atoms with Crippen molar-refractivity contribution in [2.24, 2.45) is 5.92 Å². The van der Waals surface area contributed by atoms with E-state index in [1.54, 1.807) is 0 Å². The Kier molecular flexibility index (Phi) is 8.16. The van der Waals surface area contributed by atoms with Crippen molar-refractivity contribution < 1.29 is 19.4 Å². The first kappa shape index (κ1) is 19.7. The molecule has 2 rings (SSSR count). The van der Waals surface area contributed by atoms with Crippen LogP contribution in [0.4, 0.5) is 0 Å². The van der Waals surface area contributed by atoms with Gasteiger partial charge in [-0.1, -0.05) is 0 Å². The van der Waals surface area contributed by atoms with Crippen molar-refractivity contribution in [3.63, 3.8) is 0 Å². The van der Waals surface area contributed by atoms with Crippen LogP contribution in [0.15, 0.2) is 60.7 Å². The van der Waals surface area contributed by atoms with Gasteiger partial charge in [0.15, 0.2) is 0 Å². The maximum absolute atomic E-state index is 12.2. The van der Waals surface area contributed by atoms with E-state index in [-0.39, 0.29) is 26.8 Å². The minimum atomic E-state index is -0.802. The number of carbonyl (C=O) groups is 1. The van der Waals surface area contributed by atoms with Crippen LogP contribution in [0.2, 0.25) is 4.82 Å². The van der Waals surface area contributed by atoms with Crippen LogP contribution in [-0.2, 0) is 20.9 Å². The number of aliphatic hydroxyl groups is 1. The number of carbonyl (C=O) groups excluding carboxylic acids is 1. The van der Waals surface area contributed by atoms with Crippen LogP contribution in [0.25, 0.3) is 0 Å². The molecule has 0 bridgehead atoms. The molecule has 0 aromatic heterocycles. The third-order valence-corrected chi connectivity index (χ3v) is 6.49. The van der Waals surface area contributed by atoms with E-state index in [1.807, 2.05) is 67.6 Å². The summed E-state index contributed by atoms with van der Waals surface area (Å²) in [7, 11) is 1.36. The van der Waals surface area contributed by atoms with E-state index in [2.05, 4.69) is 0 Å². The topological polar surface area (TPSA) is 55.8 Å². The second-order valence-corrected chi connectivity index (χ2v) is 8.39. The number of hydrogen-bond donors (Lipinski definition) is 1. The Labute approximate surface area is 155 Å². The van der Waals surface area contributed by atoms with Crippen molar-refractivity contribution in [3.8, 4) is 0 Å². The molecule has 3 atom stereocenters. The Bertz CT molecular complexity index is 633. The molecule has 0 aliphatic rings. The first-order valence-corrected chi connectivity index (χ1v) is 10.1. The van der Waals surface area contributed by atoms with Gasteiger partial charge in [-0.15, -0.1) is 0 Å². The molecule has 0 saturated heterocycles. The van der Waals surface area contributed by atoms with Crippen molar-refractivity contribution in [1.29, 1.82) is 0 Å². The third-order valence-electron chi connectivity index (χ3n) is 3.83. The van der Waals surface area contributed by atoms with Crippen molar-refractivity contribution in [3.05, 3.63) is 66.2 Å². The zero-order valence-corrected chi connectivity index (χ0v) is 16.2. The number of aliphatic hydroxyl groups excluding tert-OH is 1. The minimum absolute atomic E-state index is 0.168. The summed E-state index contributed by atoms with van der Waals surface area (Å²) in [5, 5.41) is 10.7. The summed E-state index contributed by atoms with van der Waals surface area (Å²) < 4.78 is 11.7. The molecular weight excluding hydrogens is 383 g/mol. The molecule has 0 aliphatic carbocycles. The maximum atomic E-state index is 12.2. The van der Waals surface area contributed by atoms with Crippen molar-refractivity contribution in [2.45, 2.75) is 24.5 Å². The van der Waals surface area contributed by atoms with Crippen LogP contribution < -0.4 is 4.46 Å². The number of methoxy groups -OCH3 is 1. The summed E-state index contributed by atoms with van der Waals surface area (Å²) in [5.74, 6) is -0.537. The third kappa shape index (κ3) is 6.29. The van der Waals surface area contributed by atoms with Crippen LogP contribution in [0.5, 0.6) is 0 Å². The Morgan fingerprint density at radius 2 is 1.68 bits per heavy atom. The Morgan fingerprint density at radius 3 is 2.28 bits per heavy atom. The quantitative estimate of drug-likeness (QED) is 0.512. The normalized spacial score (nSPS) is 14.5. The van der Waals surface area contributed by atoms with Crippen LogP contribution >= 0.6 is 0 Å². The monoisotopic (exact) mass is 408 g/mol. The van der Waals surface area contributed by atoms with Crippen LogP contribution in [0.3, 0.4) is 0 Å². The first-order valence-electron chi connectivity index (χ1n) is 8.21. The fourth-order valence-electron chi connectivity index (χ4n) is 2.35. The molecule has 0 saturated carbocycles. The Hall–Kier alpha value is -1.65. The molecule has 0 radical (unpaired) electrons. The fraction of sp³-hybridized carbons (Fsp3) is 0.350. The van der Waals surface area contributed by atoms with Gasteiger partial charge in [-0.05, 0) is 0 Å². The van der Waals surface area contributed by atoms with Crippen molar-refractivity contribution >= 4 is 25.4 Å². The molecule has 0 heterocycles. The number of hydrogen-bond acceptors (Lipinski definition) is 4. The van der Waals surface area contributed by atoms with Gasteiger partial charge in [0, 0.05) is 0 Å². The van der Waals surface area contributed by atoms with Gasteiger partial charge < -0.3 is 0 Å². The van der Waals surface area contributed by atoms with Gasteiger partial charge in [-0.3, -0.25) is 0 Å². The molecule has 2 aromatic carbocycles. The number of benzene rings is 2. The standard InChI is InChI=1S/C20H24O4Se/c1-15(13-24-14-16-9-5-3-6-10-16)18(21)19(20(22)23-2)25-17-11-7-4-8-12-17/h3-12,15,18-19,21H,13-14H2,1-2H3/t15-,18-,19?/m0/s1. The van der Waals surface area contributed by atoms with E-state index >= 15 is 0 Å². The molecule has 134 valence electrons. The van der Waals surface area contributed by atoms with Gasteiger partial charge >= 0.3 is 155 Å². The molecule has 0 aliphatic heterocycles. The second-order valence-electron chi connectivity index (χ2n) is 5.84. The average Bonchev–Trinajstić information content (AvgIpc) is 2.66. The second kappa shape index (κ2) is 10.4. The predicted molar refractivity (Wildman–Crippen MR) is 98.9 cm³/mol. The molecule has 5 heteroatoms. The summed E-state index contributed by atoms with van der Waals surface area (Å²) in [6.45, 7) is 2.77. The van der Waals surface area contributed by atoms with E-state index in [1.165, 1.54) is 7.11 Å². The van der Waals surface area contributed by atoms with E-state index < -0.39 is 10.9 Å². The molecule has 4 nitrogen and oxygen atoms in total. The van der Waals surface area contributed by atoms with Crippen LogP contribution in [0.1, 0.15) is 12.5 Å². The fourth-order valence-corrected chi connectivity index (χ4v) is 4.89. The number of ether oxygens (including phenoxy) is 2. The summed E-state index contributed by atoms with van der Waals surface area (Å²) in [4.78, 5) is 11.6. The number of esters is 1. The molecule has 1 N–H and O–H groups in total. The first-order chi connectivity index (χ1) is 12.1. The van der Waals surface area contributed by atoms with Gasteiger partial charge in [0.05, 0.1) is 0 Å².